The van der Waals surface area contributed by atoms with E-state index in [2.05, 4.69) is 5.32 Å². The molecule has 0 heterocycles. The first-order valence-electron chi connectivity index (χ1n) is 6.79. The molecule has 5 nitrogen and oxygen atoms in total. The van der Waals surface area contributed by atoms with E-state index >= 15 is 0 Å². The Bertz CT molecular complexity index is 490. The highest BCUT2D eigenvalue weighted by molar-refractivity contribution is 6.30. The van der Waals surface area contributed by atoms with Crippen LogP contribution in [0.5, 0.6) is 5.75 Å². The van der Waals surface area contributed by atoms with Crippen LogP contribution in [0, 0.1) is 5.92 Å². The average Bonchev–Trinajstić information content (AvgIpc) is 2.37. The third-order valence-corrected chi connectivity index (χ3v) is 2.97. The standard InChI is InChI=1S/C15H20ClNO4/c1-10(2)8-13(15(19)20)17-14(18)6-7-21-12-5-3-4-11(16)9-12/h3-5,9-10,13H,6-8H2,1-2H3,(H,17,18)(H,19,20). The fourth-order valence-electron chi connectivity index (χ4n) is 1.78. The third kappa shape index (κ3) is 6.99. The summed E-state index contributed by atoms with van der Waals surface area (Å²) in [6, 6.07) is 6.01. The van der Waals surface area contributed by atoms with Crippen LogP contribution in [-0.4, -0.2) is 29.6 Å². The fourth-order valence-corrected chi connectivity index (χ4v) is 1.96. The number of carbonyl (C=O) groups is 2. The minimum Gasteiger partial charge on any atom is -0.493 e. The van der Waals surface area contributed by atoms with E-state index in [4.69, 9.17) is 21.4 Å². The predicted octanol–water partition coefficient (Wildman–Crippen LogP) is 2.72. The largest absolute Gasteiger partial charge is 0.493 e. The maximum atomic E-state index is 11.7. The Morgan fingerprint density at radius 1 is 1.38 bits per heavy atom. The Morgan fingerprint density at radius 2 is 2.10 bits per heavy atom. The molecular formula is C15H20ClNO4. The van der Waals surface area contributed by atoms with Crippen molar-refractivity contribution in [2.24, 2.45) is 5.92 Å². The van der Waals surface area contributed by atoms with Crippen molar-refractivity contribution in [2.75, 3.05) is 6.61 Å². The molecule has 1 aromatic carbocycles. The Hall–Kier alpha value is -1.75. The summed E-state index contributed by atoms with van der Waals surface area (Å²) < 4.78 is 5.39. The van der Waals surface area contributed by atoms with E-state index in [0.29, 0.717) is 17.2 Å². The number of amides is 1. The highest BCUT2D eigenvalue weighted by atomic mass is 35.5. The molecule has 0 saturated carbocycles. The summed E-state index contributed by atoms with van der Waals surface area (Å²) in [5.41, 5.74) is 0. The number of halogens is 1. The Balaban J connectivity index is 2.37. The summed E-state index contributed by atoms with van der Waals surface area (Å²) in [5, 5.41) is 12.1. The Morgan fingerprint density at radius 3 is 2.67 bits per heavy atom. The van der Waals surface area contributed by atoms with Crippen LogP contribution in [0.2, 0.25) is 5.02 Å². The zero-order chi connectivity index (χ0) is 15.8. The van der Waals surface area contributed by atoms with Crippen LogP contribution in [0.25, 0.3) is 0 Å². The van der Waals surface area contributed by atoms with E-state index < -0.39 is 12.0 Å². The molecule has 1 atom stereocenters. The first kappa shape index (κ1) is 17.3. The molecule has 0 radical (unpaired) electrons. The number of carboxylic acid groups (broad SMARTS) is 1. The molecule has 1 aromatic rings. The molecule has 0 aliphatic heterocycles. The molecular weight excluding hydrogens is 294 g/mol. The van der Waals surface area contributed by atoms with Gasteiger partial charge in [0.25, 0.3) is 0 Å². The van der Waals surface area contributed by atoms with E-state index in [1.165, 1.54) is 0 Å². The topological polar surface area (TPSA) is 75.6 Å². The maximum absolute atomic E-state index is 11.7. The Labute approximate surface area is 129 Å². The fraction of sp³-hybridized carbons (Fsp3) is 0.467. The number of carbonyl (C=O) groups excluding carboxylic acids is 1. The number of ether oxygens (including phenoxy) is 1. The predicted molar refractivity (Wildman–Crippen MR) is 80.6 cm³/mol. The second kappa shape index (κ2) is 8.52. The van der Waals surface area contributed by atoms with Crippen molar-refractivity contribution >= 4 is 23.5 Å². The number of nitrogens with one attached hydrogen (secondary N) is 1. The molecule has 6 heteroatoms. The SMILES string of the molecule is CC(C)CC(NC(=O)CCOc1cccc(Cl)c1)C(=O)O. The molecule has 0 aliphatic carbocycles. The molecule has 0 bridgehead atoms. The van der Waals surface area contributed by atoms with Crippen LogP contribution in [0.1, 0.15) is 26.7 Å². The summed E-state index contributed by atoms with van der Waals surface area (Å²) in [5.74, 6) is -0.598. The molecule has 1 unspecified atom stereocenters. The Kier molecular flexibility index (Phi) is 7.02. The van der Waals surface area contributed by atoms with Crippen molar-refractivity contribution in [3.05, 3.63) is 29.3 Å². The van der Waals surface area contributed by atoms with Gasteiger partial charge in [-0.1, -0.05) is 31.5 Å². The molecule has 0 aromatic heterocycles. The third-order valence-electron chi connectivity index (χ3n) is 2.73. The van der Waals surface area contributed by atoms with Gasteiger partial charge in [0.1, 0.15) is 11.8 Å². The quantitative estimate of drug-likeness (QED) is 0.773. The first-order valence-corrected chi connectivity index (χ1v) is 7.17. The van der Waals surface area contributed by atoms with Crippen LogP contribution in [-0.2, 0) is 9.59 Å². The van der Waals surface area contributed by atoms with Crippen molar-refractivity contribution in [2.45, 2.75) is 32.7 Å². The summed E-state index contributed by atoms with van der Waals surface area (Å²) in [6.07, 6.45) is 0.491. The number of aliphatic carboxylic acids is 1. The van der Waals surface area contributed by atoms with Gasteiger partial charge in [0, 0.05) is 5.02 Å². The summed E-state index contributed by atoms with van der Waals surface area (Å²) in [7, 11) is 0. The van der Waals surface area contributed by atoms with Crippen LogP contribution >= 0.6 is 11.6 Å². The lowest BCUT2D eigenvalue weighted by Crippen LogP contribution is -2.42. The van der Waals surface area contributed by atoms with E-state index in [1.54, 1.807) is 24.3 Å². The van der Waals surface area contributed by atoms with Crippen LogP contribution < -0.4 is 10.1 Å². The minimum absolute atomic E-state index is 0.0917. The molecule has 0 spiro atoms. The van der Waals surface area contributed by atoms with Gasteiger partial charge in [0.15, 0.2) is 0 Å². The van der Waals surface area contributed by atoms with Gasteiger partial charge in [0.05, 0.1) is 13.0 Å². The summed E-state index contributed by atoms with van der Waals surface area (Å²) >= 11 is 5.81. The first-order chi connectivity index (χ1) is 9.88. The summed E-state index contributed by atoms with van der Waals surface area (Å²) in [6.45, 7) is 3.98. The molecule has 2 N–H and O–H groups in total. The minimum atomic E-state index is -1.02. The summed E-state index contributed by atoms with van der Waals surface area (Å²) in [4.78, 5) is 22.8. The molecule has 116 valence electrons. The van der Waals surface area contributed by atoms with Crippen LogP contribution in [0.3, 0.4) is 0 Å². The second-order valence-corrected chi connectivity index (χ2v) is 5.58. The molecule has 0 saturated heterocycles. The van der Waals surface area contributed by atoms with Crippen molar-refractivity contribution in [3.8, 4) is 5.75 Å². The molecule has 0 aliphatic rings. The van der Waals surface area contributed by atoms with Gasteiger partial charge < -0.3 is 15.2 Å². The smallest absolute Gasteiger partial charge is 0.326 e. The highest BCUT2D eigenvalue weighted by Crippen LogP contribution is 2.17. The highest BCUT2D eigenvalue weighted by Gasteiger charge is 2.20. The lowest BCUT2D eigenvalue weighted by atomic mass is 10.0. The molecule has 1 rings (SSSR count). The van der Waals surface area contributed by atoms with Crippen molar-refractivity contribution in [3.63, 3.8) is 0 Å². The van der Waals surface area contributed by atoms with E-state index in [-0.39, 0.29) is 24.9 Å². The van der Waals surface area contributed by atoms with Crippen LogP contribution in [0.4, 0.5) is 0 Å². The normalized spacial score (nSPS) is 12.0. The lowest BCUT2D eigenvalue weighted by molar-refractivity contribution is -0.142. The zero-order valence-electron chi connectivity index (χ0n) is 12.1. The van der Waals surface area contributed by atoms with E-state index in [9.17, 15) is 9.59 Å². The van der Waals surface area contributed by atoms with Gasteiger partial charge in [-0.3, -0.25) is 4.79 Å². The zero-order valence-corrected chi connectivity index (χ0v) is 12.9. The van der Waals surface area contributed by atoms with E-state index in [0.717, 1.165) is 0 Å². The molecule has 0 fully saturated rings. The lowest BCUT2D eigenvalue weighted by Gasteiger charge is -2.16. The number of hydrogen-bond donors (Lipinski definition) is 2. The van der Waals surface area contributed by atoms with Crippen molar-refractivity contribution < 1.29 is 19.4 Å². The van der Waals surface area contributed by atoms with Gasteiger partial charge in [-0.25, -0.2) is 4.79 Å². The number of benzene rings is 1. The van der Waals surface area contributed by atoms with Gasteiger partial charge in [-0.15, -0.1) is 0 Å². The number of rotatable bonds is 8. The van der Waals surface area contributed by atoms with Crippen LogP contribution in [0.15, 0.2) is 24.3 Å². The number of carboxylic acids is 1. The van der Waals surface area contributed by atoms with E-state index in [1.807, 2.05) is 13.8 Å². The van der Waals surface area contributed by atoms with Gasteiger partial charge in [0.2, 0.25) is 5.91 Å². The van der Waals surface area contributed by atoms with Gasteiger partial charge in [-0.2, -0.15) is 0 Å². The van der Waals surface area contributed by atoms with Crippen molar-refractivity contribution in [1.82, 2.24) is 5.32 Å². The van der Waals surface area contributed by atoms with Crippen molar-refractivity contribution in [1.29, 1.82) is 0 Å². The monoisotopic (exact) mass is 313 g/mol. The van der Waals surface area contributed by atoms with Gasteiger partial charge >= 0.3 is 5.97 Å². The average molecular weight is 314 g/mol. The molecule has 21 heavy (non-hydrogen) atoms. The number of hydrogen-bond acceptors (Lipinski definition) is 3. The molecule has 1 amide bonds. The second-order valence-electron chi connectivity index (χ2n) is 5.14. The van der Waals surface area contributed by atoms with Gasteiger partial charge in [-0.05, 0) is 30.5 Å². The maximum Gasteiger partial charge on any atom is 0.326 e.